The van der Waals surface area contributed by atoms with Gasteiger partial charge in [0.25, 0.3) is 11.7 Å². The first-order valence-corrected chi connectivity index (χ1v) is 12.3. The maximum Gasteiger partial charge on any atom is 0.307 e. The number of ether oxygens (including phenoxy) is 1. The third-order valence-electron chi connectivity index (χ3n) is 6.78. The molecule has 0 bridgehead atoms. The molecule has 0 aromatic heterocycles. The van der Waals surface area contributed by atoms with Crippen molar-refractivity contribution in [2.45, 2.75) is 45.6 Å². The van der Waals surface area contributed by atoms with Crippen LogP contribution in [0.3, 0.4) is 0 Å². The Balaban J connectivity index is 1.94. The number of Topliss-reactive ketones (excluding diaryl/α,β-unsaturated/α-hetero) is 1. The number of rotatable bonds is 6. The van der Waals surface area contributed by atoms with Crippen LogP contribution in [0.25, 0.3) is 5.76 Å². The molecule has 7 nitrogen and oxygen atoms in total. The van der Waals surface area contributed by atoms with E-state index in [4.69, 9.17) is 9.84 Å². The minimum Gasteiger partial charge on any atom is -0.507 e. The molecule has 1 atom stereocenters. The smallest absolute Gasteiger partial charge is 0.307 e. The number of nitrogens with zero attached hydrogens (tertiary/aromatic N) is 1. The van der Waals surface area contributed by atoms with Crippen molar-refractivity contribution < 1.29 is 29.3 Å². The van der Waals surface area contributed by atoms with E-state index >= 15 is 0 Å². The summed E-state index contributed by atoms with van der Waals surface area (Å²) in [6.45, 7) is 8.03. The fourth-order valence-electron chi connectivity index (χ4n) is 4.66. The van der Waals surface area contributed by atoms with Crippen molar-refractivity contribution in [3.8, 4) is 5.75 Å². The lowest BCUT2D eigenvalue weighted by atomic mass is 9.84. The molecule has 1 unspecified atom stereocenters. The lowest BCUT2D eigenvalue weighted by molar-refractivity contribution is -0.136. The van der Waals surface area contributed by atoms with Gasteiger partial charge in [-0.25, -0.2) is 0 Å². The summed E-state index contributed by atoms with van der Waals surface area (Å²) in [4.78, 5) is 39.5. The number of hydrogen-bond acceptors (Lipinski definition) is 5. The summed E-state index contributed by atoms with van der Waals surface area (Å²) in [6, 6.07) is 18.3. The average molecular weight is 514 g/mol. The Morgan fingerprint density at radius 2 is 1.66 bits per heavy atom. The number of carbonyl (C=O) groups is 3. The van der Waals surface area contributed by atoms with Crippen molar-refractivity contribution in [2.24, 2.45) is 0 Å². The van der Waals surface area contributed by atoms with Gasteiger partial charge in [-0.2, -0.15) is 0 Å². The zero-order valence-electron chi connectivity index (χ0n) is 22.1. The van der Waals surface area contributed by atoms with Crippen molar-refractivity contribution in [3.05, 3.63) is 100 Å². The molecular weight excluding hydrogens is 482 g/mol. The fourth-order valence-corrected chi connectivity index (χ4v) is 4.66. The molecule has 7 heteroatoms. The number of aliphatic carboxylic acids is 1. The third kappa shape index (κ3) is 5.05. The molecule has 0 saturated carbocycles. The molecule has 0 radical (unpaired) electrons. The van der Waals surface area contributed by atoms with E-state index in [2.05, 4.69) is 20.8 Å². The highest BCUT2D eigenvalue weighted by Crippen LogP contribution is 2.43. The summed E-state index contributed by atoms with van der Waals surface area (Å²) in [7, 11) is 1.53. The van der Waals surface area contributed by atoms with E-state index < -0.39 is 23.7 Å². The predicted octanol–water partition coefficient (Wildman–Crippen LogP) is 5.55. The first-order chi connectivity index (χ1) is 17.9. The molecule has 2 N–H and O–H groups in total. The topological polar surface area (TPSA) is 104 Å². The van der Waals surface area contributed by atoms with Gasteiger partial charge in [0.15, 0.2) is 0 Å². The van der Waals surface area contributed by atoms with Crippen molar-refractivity contribution in [2.75, 3.05) is 12.0 Å². The lowest BCUT2D eigenvalue weighted by Gasteiger charge is -2.26. The summed E-state index contributed by atoms with van der Waals surface area (Å²) in [6.07, 6.45) is -0.165. The molecule has 38 heavy (non-hydrogen) atoms. The van der Waals surface area contributed by atoms with Crippen LogP contribution in [0.5, 0.6) is 5.75 Å². The highest BCUT2D eigenvalue weighted by molar-refractivity contribution is 6.51. The Bertz CT molecular complexity index is 1450. The molecular formula is C31H31NO6. The molecule has 1 amide bonds. The summed E-state index contributed by atoms with van der Waals surface area (Å²) in [5, 5.41) is 20.7. The van der Waals surface area contributed by atoms with E-state index in [9.17, 15) is 19.5 Å². The number of hydrogen-bond donors (Lipinski definition) is 2. The van der Waals surface area contributed by atoms with Crippen LogP contribution >= 0.6 is 0 Å². The Morgan fingerprint density at radius 3 is 2.26 bits per heavy atom. The van der Waals surface area contributed by atoms with E-state index in [0.717, 1.165) is 11.1 Å². The summed E-state index contributed by atoms with van der Waals surface area (Å²) in [5.74, 6) is -2.26. The molecule has 4 rings (SSSR count). The summed E-state index contributed by atoms with van der Waals surface area (Å²) < 4.78 is 5.39. The molecule has 0 spiro atoms. The number of amides is 1. The minimum absolute atomic E-state index is 0.0213. The Hall–Kier alpha value is -4.39. The highest BCUT2D eigenvalue weighted by Gasteiger charge is 2.47. The van der Waals surface area contributed by atoms with Crippen molar-refractivity contribution >= 4 is 29.1 Å². The van der Waals surface area contributed by atoms with Crippen molar-refractivity contribution in [1.29, 1.82) is 0 Å². The molecule has 1 aliphatic heterocycles. The number of aryl methyl sites for hydroxylation is 1. The van der Waals surface area contributed by atoms with Gasteiger partial charge in [-0.15, -0.1) is 0 Å². The normalized spacial score (nSPS) is 17.1. The van der Waals surface area contributed by atoms with Crippen LogP contribution in [0.2, 0.25) is 0 Å². The first kappa shape index (κ1) is 26.7. The van der Waals surface area contributed by atoms with Crippen LogP contribution in [0.15, 0.2) is 72.3 Å². The molecule has 1 aliphatic rings. The SMILES string of the molecule is COc1cccc(C2/C(=C(\O)c3cc(C(C)(C)C)ccc3C)C(=O)C(=O)N2c2ccc(CC(=O)O)cc2)c1. The van der Waals surface area contributed by atoms with Crippen LogP contribution in [0.1, 0.15) is 54.6 Å². The number of carboxylic acids is 1. The Labute approximate surface area is 222 Å². The van der Waals surface area contributed by atoms with E-state index in [1.165, 1.54) is 12.0 Å². The lowest BCUT2D eigenvalue weighted by Crippen LogP contribution is -2.29. The second-order valence-electron chi connectivity index (χ2n) is 10.5. The maximum absolute atomic E-state index is 13.5. The zero-order chi connectivity index (χ0) is 27.8. The van der Waals surface area contributed by atoms with Crippen LogP contribution in [-0.2, 0) is 26.2 Å². The first-order valence-electron chi connectivity index (χ1n) is 12.3. The van der Waals surface area contributed by atoms with Gasteiger partial charge in [-0.1, -0.05) is 57.2 Å². The molecule has 3 aromatic rings. The third-order valence-corrected chi connectivity index (χ3v) is 6.78. The minimum atomic E-state index is -0.970. The van der Waals surface area contributed by atoms with E-state index in [-0.39, 0.29) is 23.2 Å². The van der Waals surface area contributed by atoms with Gasteiger partial charge in [0.2, 0.25) is 0 Å². The van der Waals surface area contributed by atoms with Gasteiger partial charge in [0, 0.05) is 11.3 Å². The van der Waals surface area contributed by atoms with E-state index in [1.54, 1.807) is 48.5 Å². The highest BCUT2D eigenvalue weighted by atomic mass is 16.5. The number of anilines is 1. The number of carbonyl (C=O) groups excluding carboxylic acids is 2. The van der Waals surface area contributed by atoms with E-state index in [0.29, 0.717) is 28.1 Å². The number of benzene rings is 3. The molecule has 1 heterocycles. The molecule has 196 valence electrons. The molecule has 1 fully saturated rings. The number of carboxylic acid groups (broad SMARTS) is 1. The summed E-state index contributed by atoms with van der Waals surface area (Å²) >= 11 is 0. The van der Waals surface area contributed by atoms with Gasteiger partial charge in [-0.3, -0.25) is 19.3 Å². The van der Waals surface area contributed by atoms with Crippen LogP contribution in [-0.4, -0.2) is 35.0 Å². The molecule has 0 aliphatic carbocycles. The van der Waals surface area contributed by atoms with Crippen molar-refractivity contribution in [3.63, 3.8) is 0 Å². The van der Waals surface area contributed by atoms with Crippen LogP contribution in [0, 0.1) is 6.92 Å². The monoisotopic (exact) mass is 513 g/mol. The van der Waals surface area contributed by atoms with Gasteiger partial charge >= 0.3 is 5.97 Å². The zero-order valence-corrected chi connectivity index (χ0v) is 22.1. The molecule has 3 aromatic carbocycles. The van der Waals surface area contributed by atoms with Gasteiger partial charge in [0.1, 0.15) is 11.5 Å². The maximum atomic E-state index is 13.5. The Kier molecular flexibility index (Phi) is 7.14. The van der Waals surface area contributed by atoms with Gasteiger partial charge in [0.05, 0.1) is 25.1 Å². The number of aliphatic hydroxyl groups is 1. The second-order valence-corrected chi connectivity index (χ2v) is 10.5. The van der Waals surface area contributed by atoms with Gasteiger partial charge in [-0.05, 0) is 64.9 Å². The van der Waals surface area contributed by atoms with Crippen LogP contribution in [0.4, 0.5) is 5.69 Å². The van der Waals surface area contributed by atoms with Crippen molar-refractivity contribution in [1.82, 2.24) is 0 Å². The van der Waals surface area contributed by atoms with E-state index in [1.807, 2.05) is 25.1 Å². The van der Waals surface area contributed by atoms with Crippen LogP contribution < -0.4 is 9.64 Å². The standard InChI is InChI=1S/C31H31NO6/c1-18-9-12-21(31(2,3)4)17-24(18)28(35)26-27(20-7-6-8-23(16-20)38-5)32(30(37)29(26)36)22-13-10-19(11-14-22)15-25(33)34/h6-14,16-17,27,35H,15H2,1-5H3,(H,33,34)/b28-26+. The number of aliphatic hydroxyl groups excluding tert-OH is 1. The quantitative estimate of drug-likeness (QED) is 0.254. The van der Waals surface area contributed by atoms with Gasteiger partial charge < -0.3 is 14.9 Å². The average Bonchev–Trinajstić information content (AvgIpc) is 3.13. The number of ketones is 1. The summed E-state index contributed by atoms with van der Waals surface area (Å²) in [5.41, 5.74) is 3.57. The largest absolute Gasteiger partial charge is 0.507 e. The number of methoxy groups -OCH3 is 1. The fraction of sp³-hybridized carbons (Fsp3) is 0.258. The predicted molar refractivity (Wildman–Crippen MR) is 145 cm³/mol. The molecule has 1 saturated heterocycles. The Morgan fingerprint density at radius 1 is 0.974 bits per heavy atom. The second kappa shape index (κ2) is 10.2.